The van der Waals surface area contributed by atoms with Crippen LogP contribution in [0.4, 0.5) is 8.78 Å². The van der Waals surface area contributed by atoms with Gasteiger partial charge >= 0.3 is 0 Å². The van der Waals surface area contributed by atoms with Crippen molar-refractivity contribution in [3.63, 3.8) is 0 Å². The van der Waals surface area contributed by atoms with Crippen molar-refractivity contribution in [2.24, 2.45) is 0 Å². The zero-order chi connectivity index (χ0) is 14.0. The average molecular weight is 260 g/mol. The lowest BCUT2D eigenvalue weighted by Gasteiger charge is -2.14. The van der Waals surface area contributed by atoms with Gasteiger partial charge < -0.3 is 4.57 Å². The number of hydrogen-bond acceptors (Lipinski definition) is 2. The van der Waals surface area contributed by atoms with Gasteiger partial charge in [0.15, 0.2) is 17.4 Å². The fraction of sp³-hybridized carbons (Fsp3) is 0.143. The summed E-state index contributed by atoms with van der Waals surface area (Å²) in [6.45, 7) is 1.60. The van der Waals surface area contributed by atoms with Gasteiger partial charge in [0.1, 0.15) is 11.8 Å². The lowest BCUT2D eigenvalue weighted by Crippen LogP contribution is -2.17. The molecule has 0 fully saturated rings. The fourth-order valence-electron chi connectivity index (χ4n) is 1.84. The normalized spacial score (nSPS) is 11.9. The SMILES string of the molecule is CC(C(=O)c1ccc(F)c(F)c1)n1cccc1C#N. The number of aromatic nitrogens is 1. The Morgan fingerprint density at radius 2 is 2.05 bits per heavy atom. The molecule has 0 saturated heterocycles. The number of Topliss-reactive ketones (excluding diaryl/α,β-unsaturated/α-hetero) is 1. The van der Waals surface area contributed by atoms with E-state index in [-0.39, 0.29) is 11.3 Å². The molecular weight excluding hydrogens is 250 g/mol. The summed E-state index contributed by atoms with van der Waals surface area (Å²) in [6, 6.07) is 7.53. The molecule has 0 aliphatic heterocycles. The highest BCUT2D eigenvalue weighted by Crippen LogP contribution is 2.18. The van der Waals surface area contributed by atoms with E-state index in [4.69, 9.17) is 5.26 Å². The Hall–Kier alpha value is -2.48. The molecule has 96 valence electrons. The molecule has 1 aromatic carbocycles. The van der Waals surface area contributed by atoms with Crippen LogP contribution in [0.25, 0.3) is 0 Å². The maximum Gasteiger partial charge on any atom is 0.185 e. The van der Waals surface area contributed by atoms with E-state index in [1.54, 1.807) is 25.3 Å². The maximum atomic E-state index is 13.1. The molecule has 2 aromatic rings. The minimum Gasteiger partial charge on any atom is -0.329 e. The van der Waals surface area contributed by atoms with Crippen molar-refractivity contribution in [3.05, 3.63) is 59.4 Å². The second-order valence-electron chi connectivity index (χ2n) is 4.08. The first-order chi connectivity index (χ1) is 9.04. The van der Waals surface area contributed by atoms with Crippen LogP contribution in [0.3, 0.4) is 0 Å². The summed E-state index contributed by atoms with van der Waals surface area (Å²) in [5.41, 5.74) is 0.410. The summed E-state index contributed by atoms with van der Waals surface area (Å²) in [7, 11) is 0. The summed E-state index contributed by atoms with van der Waals surface area (Å²) in [5, 5.41) is 8.90. The highest BCUT2D eigenvalue weighted by Gasteiger charge is 2.19. The molecule has 0 aliphatic rings. The number of ketones is 1. The lowest BCUT2D eigenvalue weighted by atomic mass is 10.0. The molecule has 19 heavy (non-hydrogen) atoms. The molecule has 0 amide bonds. The van der Waals surface area contributed by atoms with Crippen LogP contribution in [0.1, 0.15) is 29.0 Å². The van der Waals surface area contributed by atoms with Gasteiger partial charge in [0.05, 0.1) is 6.04 Å². The number of benzene rings is 1. The summed E-state index contributed by atoms with van der Waals surface area (Å²) in [4.78, 5) is 12.2. The molecule has 0 spiro atoms. The van der Waals surface area contributed by atoms with E-state index in [2.05, 4.69) is 0 Å². The first kappa shape index (κ1) is 13.0. The molecule has 0 saturated carbocycles. The van der Waals surface area contributed by atoms with Gasteiger partial charge in [-0.3, -0.25) is 4.79 Å². The maximum absolute atomic E-state index is 13.1. The van der Waals surface area contributed by atoms with E-state index in [0.717, 1.165) is 12.1 Å². The van der Waals surface area contributed by atoms with Crippen LogP contribution in [0, 0.1) is 23.0 Å². The number of rotatable bonds is 3. The minimum absolute atomic E-state index is 0.0731. The summed E-state index contributed by atoms with van der Waals surface area (Å²) in [6.07, 6.45) is 1.60. The van der Waals surface area contributed by atoms with Crippen LogP contribution in [-0.2, 0) is 0 Å². The van der Waals surface area contributed by atoms with Crippen LogP contribution in [0.2, 0.25) is 0 Å². The van der Waals surface area contributed by atoms with E-state index in [1.807, 2.05) is 6.07 Å². The third kappa shape index (κ3) is 2.38. The van der Waals surface area contributed by atoms with Crippen molar-refractivity contribution in [3.8, 4) is 6.07 Å². The van der Waals surface area contributed by atoms with Crippen LogP contribution >= 0.6 is 0 Å². The van der Waals surface area contributed by atoms with Crippen LogP contribution in [0.15, 0.2) is 36.5 Å². The largest absolute Gasteiger partial charge is 0.329 e. The molecule has 1 unspecified atom stereocenters. The smallest absolute Gasteiger partial charge is 0.185 e. The highest BCUT2D eigenvalue weighted by molar-refractivity contribution is 5.98. The van der Waals surface area contributed by atoms with E-state index < -0.39 is 17.7 Å². The zero-order valence-electron chi connectivity index (χ0n) is 10.1. The van der Waals surface area contributed by atoms with Crippen molar-refractivity contribution in [2.45, 2.75) is 13.0 Å². The van der Waals surface area contributed by atoms with Crippen LogP contribution in [0.5, 0.6) is 0 Å². The molecule has 0 bridgehead atoms. The molecule has 5 heteroatoms. The van der Waals surface area contributed by atoms with Crippen molar-refractivity contribution < 1.29 is 13.6 Å². The second-order valence-corrected chi connectivity index (χ2v) is 4.08. The molecule has 1 atom stereocenters. The molecule has 1 aromatic heterocycles. The molecule has 1 heterocycles. The Balaban J connectivity index is 2.34. The van der Waals surface area contributed by atoms with Crippen molar-refractivity contribution >= 4 is 5.78 Å². The van der Waals surface area contributed by atoms with Crippen molar-refractivity contribution in [2.75, 3.05) is 0 Å². The van der Waals surface area contributed by atoms with Gasteiger partial charge in [-0.25, -0.2) is 8.78 Å². The van der Waals surface area contributed by atoms with Gasteiger partial charge in [-0.1, -0.05) is 0 Å². The number of nitrogens with zero attached hydrogens (tertiary/aromatic N) is 2. The van der Waals surface area contributed by atoms with Gasteiger partial charge in [0, 0.05) is 11.8 Å². The number of carbonyl (C=O) groups is 1. The Kier molecular flexibility index (Phi) is 3.43. The quantitative estimate of drug-likeness (QED) is 0.796. The Morgan fingerprint density at radius 1 is 1.32 bits per heavy atom. The van der Waals surface area contributed by atoms with Gasteiger partial charge in [0.2, 0.25) is 0 Å². The third-order valence-corrected chi connectivity index (χ3v) is 2.89. The van der Waals surface area contributed by atoms with Gasteiger partial charge in [0.25, 0.3) is 0 Å². The Labute approximate surface area is 108 Å². The highest BCUT2D eigenvalue weighted by atomic mass is 19.2. The van der Waals surface area contributed by atoms with Crippen LogP contribution < -0.4 is 0 Å². The number of carbonyl (C=O) groups excluding carboxylic acids is 1. The summed E-state index contributed by atoms with van der Waals surface area (Å²) >= 11 is 0. The van der Waals surface area contributed by atoms with Gasteiger partial charge in [-0.15, -0.1) is 0 Å². The lowest BCUT2D eigenvalue weighted by molar-refractivity contribution is 0.0934. The Bertz CT molecular complexity index is 670. The number of nitriles is 1. The zero-order valence-corrected chi connectivity index (χ0v) is 10.1. The van der Waals surface area contributed by atoms with E-state index in [1.165, 1.54) is 10.6 Å². The number of hydrogen-bond donors (Lipinski definition) is 0. The predicted octanol–water partition coefficient (Wildman–Crippen LogP) is 3.08. The monoisotopic (exact) mass is 260 g/mol. The van der Waals surface area contributed by atoms with E-state index in [9.17, 15) is 13.6 Å². The second kappa shape index (κ2) is 5.02. The molecule has 0 aliphatic carbocycles. The van der Waals surface area contributed by atoms with Gasteiger partial charge in [-0.05, 0) is 37.3 Å². The third-order valence-electron chi connectivity index (χ3n) is 2.89. The molecule has 0 radical (unpaired) electrons. The first-order valence-corrected chi connectivity index (χ1v) is 5.61. The van der Waals surface area contributed by atoms with Crippen LogP contribution in [-0.4, -0.2) is 10.4 Å². The van der Waals surface area contributed by atoms with Crippen molar-refractivity contribution in [1.82, 2.24) is 4.57 Å². The molecule has 3 nitrogen and oxygen atoms in total. The molecular formula is C14H10F2N2O. The summed E-state index contributed by atoms with van der Waals surface area (Å²) in [5.74, 6) is -2.44. The van der Waals surface area contributed by atoms with Gasteiger partial charge in [-0.2, -0.15) is 5.26 Å². The molecule has 0 N–H and O–H groups in total. The number of halogens is 2. The predicted molar refractivity (Wildman–Crippen MR) is 64.5 cm³/mol. The Morgan fingerprint density at radius 3 is 2.68 bits per heavy atom. The van der Waals surface area contributed by atoms with E-state index >= 15 is 0 Å². The standard InChI is InChI=1S/C14H10F2N2O/c1-9(18-6-2-3-11(18)8-17)14(19)10-4-5-12(15)13(16)7-10/h2-7,9H,1H3. The first-order valence-electron chi connectivity index (χ1n) is 5.61. The molecule has 2 rings (SSSR count). The fourth-order valence-corrected chi connectivity index (χ4v) is 1.84. The topological polar surface area (TPSA) is 45.8 Å². The minimum atomic E-state index is -1.06. The van der Waals surface area contributed by atoms with E-state index in [0.29, 0.717) is 5.69 Å². The average Bonchev–Trinajstić information content (AvgIpc) is 2.88. The summed E-state index contributed by atoms with van der Waals surface area (Å²) < 4.78 is 27.4. The van der Waals surface area contributed by atoms with Crippen molar-refractivity contribution in [1.29, 1.82) is 5.26 Å².